The predicted molar refractivity (Wildman–Crippen MR) is 51.5 cm³/mol. The largest absolute Gasteiger partial charge is 0.378 e. The lowest BCUT2D eigenvalue weighted by Crippen LogP contribution is -2.60. The number of rotatable bonds is 3. The Labute approximate surface area is 96.5 Å². The summed E-state index contributed by atoms with van der Waals surface area (Å²) in [5.41, 5.74) is -0.865. The van der Waals surface area contributed by atoms with E-state index in [0.717, 1.165) is 0 Å². The molecule has 2 atom stereocenters. The lowest BCUT2D eigenvalue weighted by atomic mass is 9.87. The number of alkyl halides is 4. The molecule has 2 fully saturated rings. The van der Waals surface area contributed by atoms with Crippen LogP contribution in [0.5, 0.6) is 0 Å². The smallest absolute Gasteiger partial charge is 0.309 e. The van der Waals surface area contributed by atoms with Gasteiger partial charge in [0.2, 0.25) is 0 Å². The van der Waals surface area contributed by atoms with Crippen molar-refractivity contribution in [3.63, 3.8) is 0 Å². The Bertz CT molecular complexity index is 269. The van der Waals surface area contributed by atoms with Gasteiger partial charge in [-0.3, -0.25) is 0 Å². The summed E-state index contributed by atoms with van der Waals surface area (Å²) >= 11 is 0. The highest BCUT2D eigenvalue weighted by Gasteiger charge is 2.52. The summed E-state index contributed by atoms with van der Waals surface area (Å²) in [6.45, 7) is 1.38. The molecular weight excluding hydrogens is 242 g/mol. The third kappa shape index (κ3) is 2.56. The molecule has 3 nitrogen and oxygen atoms in total. The van der Waals surface area contributed by atoms with E-state index in [0.29, 0.717) is 26.2 Å². The van der Waals surface area contributed by atoms with Crippen molar-refractivity contribution in [3.05, 3.63) is 0 Å². The summed E-state index contributed by atoms with van der Waals surface area (Å²) in [4.78, 5) is 0. The van der Waals surface area contributed by atoms with Crippen LogP contribution in [0.25, 0.3) is 0 Å². The van der Waals surface area contributed by atoms with E-state index in [1.54, 1.807) is 0 Å². The molecule has 0 saturated carbocycles. The zero-order chi connectivity index (χ0) is 12.5. The molecule has 0 bridgehead atoms. The van der Waals surface area contributed by atoms with Gasteiger partial charge in [0.25, 0.3) is 0 Å². The Morgan fingerprint density at radius 1 is 1.35 bits per heavy atom. The van der Waals surface area contributed by atoms with Crippen molar-refractivity contribution in [2.24, 2.45) is 0 Å². The van der Waals surface area contributed by atoms with Gasteiger partial charge in [0.15, 0.2) is 0 Å². The van der Waals surface area contributed by atoms with Gasteiger partial charge in [0, 0.05) is 32.0 Å². The van der Waals surface area contributed by atoms with Crippen LogP contribution in [0.4, 0.5) is 17.6 Å². The highest BCUT2D eigenvalue weighted by molar-refractivity contribution is 5.00. The second-order valence-corrected chi connectivity index (χ2v) is 4.49. The summed E-state index contributed by atoms with van der Waals surface area (Å²) in [6.07, 6.45) is -4.11. The number of ether oxygens (including phenoxy) is 2. The molecule has 100 valence electrons. The first-order chi connectivity index (χ1) is 7.96. The molecule has 0 aromatic carbocycles. The topological polar surface area (TPSA) is 30.5 Å². The van der Waals surface area contributed by atoms with Crippen LogP contribution in [0.15, 0.2) is 0 Å². The zero-order valence-electron chi connectivity index (χ0n) is 9.23. The Balaban J connectivity index is 2.07. The summed E-state index contributed by atoms with van der Waals surface area (Å²) < 4.78 is 61.2. The second-order valence-electron chi connectivity index (χ2n) is 4.49. The van der Waals surface area contributed by atoms with Crippen LogP contribution in [-0.2, 0) is 9.47 Å². The summed E-state index contributed by atoms with van der Waals surface area (Å²) in [5.74, 6) is -3.99. The van der Waals surface area contributed by atoms with Gasteiger partial charge >= 0.3 is 12.3 Å². The van der Waals surface area contributed by atoms with E-state index in [-0.39, 0.29) is 6.61 Å². The van der Waals surface area contributed by atoms with E-state index in [1.807, 2.05) is 0 Å². The van der Waals surface area contributed by atoms with Crippen molar-refractivity contribution in [1.29, 1.82) is 0 Å². The lowest BCUT2D eigenvalue weighted by molar-refractivity contribution is -0.166. The molecule has 0 aromatic heterocycles. The molecular formula is C10H15F4NO2. The Kier molecular flexibility index (Phi) is 3.61. The van der Waals surface area contributed by atoms with Crippen molar-refractivity contribution in [2.75, 3.05) is 26.4 Å². The van der Waals surface area contributed by atoms with Gasteiger partial charge in [0.05, 0.1) is 13.2 Å². The normalized spacial score (nSPS) is 34.8. The number of hydrogen-bond donors (Lipinski definition) is 1. The van der Waals surface area contributed by atoms with E-state index >= 15 is 0 Å². The Morgan fingerprint density at radius 2 is 2.12 bits per heavy atom. The predicted octanol–water partition coefficient (Wildman–Crippen LogP) is 1.42. The molecule has 2 unspecified atom stereocenters. The molecule has 2 heterocycles. The highest BCUT2D eigenvalue weighted by atomic mass is 19.3. The molecule has 0 radical (unpaired) electrons. The van der Waals surface area contributed by atoms with E-state index in [1.165, 1.54) is 0 Å². The lowest BCUT2D eigenvalue weighted by Gasteiger charge is -2.42. The van der Waals surface area contributed by atoms with Crippen LogP contribution in [-0.4, -0.2) is 50.4 Å². The monoisotopic (exact) mass is 257 g/mol. The minimum Gasteiger partial charge on any atom is -0.378 e. The molecule has 1 N–H and O–H groups in total. The van der Waals surface area contributed by atoms with Gasteiger partial charge in [-0.2, -0.15) is 0 Å². The van der Waals surface area contributed by atoms with Crippen molar-refractivity contribution >= 4 is 0 Å². The third-order valence-corrected chi connectivity index (χ3v) is 3.33. The van der Waals surface area contributed by atoms with Gasteiger partial charge in [0.1, 0.15) is 5.60 Å². The molecule has 2 aliphatic rings. The van der Waals surface area contributed by atoms with Crippen LogP contribution >= 0.6 is 0 Å². The fraction of sp³-hybridized carbons (Fsp3) is 1.00. The maximum Gasteiger partial charge on any atom is 0.309 e. The fourth-order valence-electron chi connectivity index (χ4n) is 2.34. The molecule has 17 heavy (non-hydrogen) atoms. The first-order valence-corrected chi connectivity index (χ1v) is 5.57. The number of halogens is 4. The minimum atomic E-state index is -3.99. The quantitative estimate of drug-likeness (QED) is 0.776. The van der Waals surface area contributed by atoms with Crippen molar-refractivity contribution in [2.45, 2.75) is 36.8 Å². The van der Waals surface area contributed by atoms with Crippen LogP contribution in [0.1, 0.15) is 12.8 Å². The first-order valence-electron chi connectivity index (χ1n) is 5.57. The highest BCUT2D eigenvalue weighted by Crippen LogP contribution is 2.37. The van der Waals surface area contributed by atoms with Crippen molar-refractivity contribution in [3.8, 4) is 0 Å². The summed E-state index contributed by atoms with van der Waals surface area (Å²) in [6, 6.07) is -0.789. The molecule has 0 amide bonds. The molecule has 2 rings (SSSR count). The molecule has 0 aromatic rings. The van der Waals surface area contributed by atoms with Gasteiger partial charge in [-0.25, -0.2) is 17.6 Å². The summed E-state index contributed by atoms with van der Waals surface area (Å²) in [5, 5.41) is 2.84. The van der Waals surface area contributed by atoms with Crippen LogP contribution < -0.4 is 5.32 Å². The number of nitrogens with one attached hydrogen (secondary N) is 1. The third-order valence-electron chi connectivity index (χ3n) is 3.33. The second kappa shape index (κ2) is 4.70. The van der Waals surface area contributed by atoms with E-state index in [4.69, 9.17) is 9.47 Å². The van der Waals surface area contributed by atoms with Crippen LogP contribution in [0, 0.1) is 0 Å². The SMILES string of the molecule is FC(F)C(F)(F)CC1NCCOC12CCOC2. The van der Waals surface area contributed by atoms with Gasteiger partial charge < -0.3 is 14.8 Å². The Hall–Kier alpha value is -0.400. The van der Waals surface area contributed by atoms with E-state index in [9.17, 15) is 17.6 Å². The van der Waals surface area contributed by atoms with Gasteiger partial charge in [-0.1, -0.05) is 0 Å². The molecule has 1 spiro atoms. The Morgan fingerprint density at radius 3 is 2.71 bits per heavy atom. The average molecular weight is 257 g/mol. The molecule has 7 heteroatoms. The zero-order valence-corrected chi connectivity index (χ0v) is 9.23. The maximum absolute atomic E-state index is 13.1. The summed E-state index contributed by atoms with van der Waals surface area (Å²) in [7, 11) is 0. The van der Waals surface area contributed by atoms with E-state index in [2.05, 4.69) is 5.32 Å². The average Bonchev–Trinajstić information content (AvgIpc) is 2.71. The molecule has 2 aliphatic heterocycles. The fourth-order valence-corrected chi connectivity index (χ4v) is 2.34. The van der Waals surface area contributed by atoms with Crippen LogP contribution in [0.3, 0.4) is 0 Å². The standard InChI is InChI=1S/C10H15F4NO2/c11-8(12)10(13,14)5-7-9(1-3-16-6-9)17-4-2-15-7/h7-8,15H,1-6H2. The van der Waals surface area contributed by atoms with Crippen molar-refractivity contribution in [1.82, 2.24) is 5.32 Å². The first kappa shape index (κ1) is 13.0. The van der Waals surface area contributed by atoms with Gasteiger partial charge in [-0.15, -0.1) is 0 Å². The molecule has 0 aliphatic carbocycles. The van der Waals surface area contributed by atoms with Crippen LogP contribution in [0.2, 0.25) is 0 Å². The van der Waals surface area contributed by atoms with Crippen molar-refractivity contribution < 1.29 is 27.0 Å². The molecule has 2 saturated heterocycles. The number of hydrogen-bond acceptors (Lipinski definition) is 3. The minimum absolute atomic E-state index is 0.185. The number of morpholine rings is 1. The van der Waals surface area contributed by atoms with E-state index < -0.39 is 30.4 Å². The van der Waals surface area contributed by atoms with Gasteiger partial charge in [-0.05, 0) is 0 Å². The maximum atomic E-state index is 13.1.